The summed E-state index contributed by atoms with van der Waals surface area (Å²) in [5, 5.41) is 7.31. The number of hydrogen-bond donors (Lipinski definition) is 1. The summed E-state index contributed by atoms with van der Waals surface area (Å²) in [4.78, 5) is 25.0. The van der Waals surface area contributed by atoms with Crippen LogP contribution in [0, 0.1) is 0 Å². The molecule has 0 atom stereocenters. The molecule has 1 heterocycles. The van der Waals surface area contributed by atoms with E-state index in [0.29, 0.717) is 16.4 Å². The number of benzene rings is 2. The minimum absolute atomic E-state index is 0.00273. The van der Waals surface area contributed by atoms with Crippen molar-refractivity contribution < 1.29 is 18.0 Å². The van der Waals surface area contributed by atoms with Crippen LogP contribution in [0.4, 0.5) is 13.2 Å². The molecule has 0 saturated carbocycles. The molecule has 0 saturated heterocycles. The Balaban J connectivity index is 1.71. The Morgan fingerprint density at radius 1 is 1.16 bits per heavy atom. The highest BCUT2D eigenvalue weighted by Crippen LogP contribution is 2.31. The molecule has 0 fully saturated rings. The molecule has 3 rings (SSSR count). The molecule has 32 heavy (non-hydrogen) atoms. The van der Waals surface area contributed by atoms with Gasteiger partial charge in [0.1, 0.15) is 6.54 Å². The predicted molar refractivity (Wildman–Crippen MR) is 115 cm³/mol. The Morgan fingerprint density at radius 2 is 1.84 bits per heavy atom. The Bertz CT molecular complexity index is 1170. The predicted octanol–water partition coefficient (Wildman–Crippen LogP) is 3.93. The van der Waals surface area contributed by atoms with Gasteiger partial charge in [0.25, 0.3) is 0 Å². The van der Waals surface area contributed by atoms with Crippen molar-refractivity contribution in [3.05, 3.63) is 87.8 Å². The van der Waals surface area contributed by atoms with Crippen LogP contribution in [0.5, 0.6) is 0 Å². The molecule has 1 N–H and O–H groups in total. The standard InChI is InChI=1S/C22H20ClF3N4O2/c1-2-13-29-20(16-7-9-17(23)10-8-16)28-30(21(29)32)14-19(31)27-12-11-15-5-3-4-6-18(15)22(24,25)26/h2-10H,1,11-14H2,(H,27,31). The van der Waals surface area contributed by atoms with Gasteiger partial charge in [0, 0.05) is 23.7 Å². The van der Waals surface area contributed by atoms with Crippen LogP contribution in [0.3, 0.4) is 0 Å². The van der Waals surface area contributed by atoms with Gasteiger partial charge in [-0.05, 0) is 42.3 Å². The maximum atomic E-state index is 13.1. The lowest BCUT2D eigenvalue weighted by molar-refractivity contribution is -0.138. The van der Waals surface area contributed by atoms with Gasteiger partial charge in [-0.3, -0.25) is 9.36 Å². The number of nitrogens with one attached hydrogen (secondary N) is 1. The second-order valence-corrected chi connectivity index (χ2v) is 7.36. The summed E-state index contributed by atoms with van der Waals surface area (Å²) < 4.78 is 41.6. The van der Waals surface area contributed by atoms with Gasteiger partial charge in [-0.15, -0.1) is 11.7 Å². The average Bonchev–Trinajstić information content (AvgIpc) is 3.04. The van der Waals surface area contributed by atoms with Crippen molar-refractivity contribution in [2.75, 3.05) is 6.54 Å². The van der Waals surface area contributed by atoms with Crippen LogP contribution < -0.4 is 11.0 Å². The lowest BCUT2D eigenvalue weighted by Gasteiger charge is -2.12. The number of aromatic nitrogens is 3. The van der Waals surface area contributed by atoms with Crippen LogP contribution in [0.2, 0.25) is 5.02 Å². The Morgan fingerprint density at radius 3 is 2.50 bits per heavy atom. The highest BCUT2D eigenvalue weighted by molar-refractivity contribution is 6.30. The number of rotatable bonds is 8. The second kappa shape index (κ2) is 9.86. The number of hydrogen-bond acceptors (Lipinski definition) is 3. The van der Waals surface area contributed by atoms with E-state index >= 15 is 0 Å². The van der Waals surface area contributed by atoms with E-state index in [1.165, 1.54) is 28.8 Å². The molecule has 3 aromatic rings. The first-order valence-electron chi connectivity index (χ1n) is 9.67. The van der Waals surface area contributed by atoms with Crippen LogP contribution in [-0.4, -0.2) is 26.8 Å². The van der Waals surface area contributed by atoms with Crippen LogP contribution in [-0.2, 0) is 30.5 Å². The average molecular weight is 465 g/mol. The first-order chi connectivity index (χ1) is 15.2. The SMILES string of the molecule is C=CCn1c(-c2ccc(Cl)cc2)nn(CC(=O)NCCc2ccccc2C(F)(F)F)c1=O. The van der Waals surface area contributed by atoms with Crippen molar-refractivity contribution in [1.82, 2.24) is 19.7 Å². The van der Waals surface area contributed by atoms with E-state index in [1.54, 1.807) is 24.3 Å². The van der Waals surface area contributed by atoms with Gasteiger partial charge >= 0.3 is 11.9 Å². The Labute approximate surface area is 186 Å². The third-order valence-electron chi connectivity index (χ3n) is 4.67. The molecule has 168 valence electrons. The van der Waals surface area contributed by atoms with Crippen LogP contribution in [0.15, 0.2) is 66.0 Å². The maximum Gasteiger partial charge on any atom is 0.416 e. The summed E-state index contributed by atoms with van der Waals surface area (Å²) in [6.07, 6.45) is -2.94. The largest absolute Gasteiger partial charge is 0.416 e. The van der Waals surface area contributed by atoms with Gasteiger partial charge in [-0.2, -0.15) is 13.2 Å². The molecular formula is C22H20ClF3N4O2. The quantitative estimate of drug-likeness (QED) is 0.514. The van der Waals surface area contributed by atoms with E-state index in [-0.39, 0.29) is 31.6 Å². The minimum atomic E-state index is -4.47. The summed E-state index contributed by atoms with van der Waals surface area (Å²) in [5.74, 6) is -0.194. The van der Waals surface area contributed by atoms with Gasteiger partial charge in [-0.25, -0.2) is 9.48 Å². The van der Waals surface area contributed by atoms with E-state index in [4.69, 9.17) is 11.6 Å². The molecule has 2 aromatic carbocycles. The smallest absolute Gasteiger partial charge is 0.354 e. The normalized spacial score (nSPS) is 11.4. The van der Waals surface area contributed by atoms with Gasteiger partial charge in [-0.1, -0.05) is 35.9 Å². The highest BCUT2D eigenvalue weighted by atomic mass is 35.5. The van der Waals surface area contributed by atoms with Crippen molar-refractivity contribution in [2.24, 2.45) is 0 Å². The molecule has 6 nitrogen and oxygen atoms in total. The van der Waals surface area contributed by atoms with Crippen LogP contribution in [0.1, 0.15) is 11.1 Å². The zero-order valence-corrected chi connectivity index (χ0v) is 17.7. The maximum absolute atomic E-state index is 13.1. The number of carbonyl (C=O) groups is 1. The Hall–Kier alpha value is -3.33. The summed E-state index contributed by atoms with van der Waals surface area (Å²) >= 11 is 5.91. The molecule has 0 aliphatic heterocycles. The minimum Gasteiger partial charge on any atom is -0.354 e. The molecule has 10 heteroatoms. The van der Waals surface area contributed by atoms with E-state index in [2.05, 4.69) is 17.0 Å². The third kappa shape index (κ3) is 5.47. The van der Waals surface area contributed by atoms with E-state index in [0.717, 1.165) is 10.7 Å². The number of nitrogens with zero attached hydrogens (tertiary/aromatic N) is 3. The van der Waals surface area contributed by atoms with Crippen LogP contribution in [0.25, 0.3) is 11.4 Å². The fourth-order valence-electron chi connectivity index (χ4n) is 3.19. The third-order valence-corrected chi connectivity index (χ3v) is 4.92. The number of halogens is 4. The zero-order chi connectivity index (χ0) is 23.3. The molecule has 0 spiro atoms. The highest BCUT2D eigenvalue weighted by Gasteiger charge is 2.32. The van der Waals surface area contributed by atoms with Gasteiger partial charge in [0.05, 0.1) is 5.56 Å². The van der Waals surface area contributed by atoms with Gasteiger partial charge < -0.3 is 5.32 Å². The number of carbonyl (C=O) groups excluding carboxylic acids is 1. The van der Waals surface area contributed by atoms with E-state index < -0.39 is 23.3 Å². The lowest BCUT2D eigenvalue weighted by atomic mass is 10.0. The summed E-state index contributed by atoms with van der Waals surface area (Å²) in [7, 11) is 0. The number of alkyl halides is 3. The van der Waals surface area contributed by atoms with Crippen molar-refractivity contribution in [1.29, 1.82) is 0 Å². The molecule has 0 aliphatic rings. The number of amides is 1. The molecule has 0 aliphatic carbocycles. The van der Waals surface area contributed by atoms with Crippen molar-refractivity contribution in [3.8, 4) is 11.4 Å². The molecule has 0 radical (unpaired) electrons. The first-order valence-corrected chi connectivity index (χ1v) is 10.0. The lowest BCUT2D eigenvalue weighted by Crippen LogP contribution is -2.34. The topological polar surface area (TPSA) is 68.9 Å². The van der Waals surface area contributed by atoms with Crippen molar-refractivity contribution in [3.63, 3.8) is 0 Å². The summed E-state index contributed by atoms with van der Waals surface area (Å²) in [6.45, 7) is 3.43. The Kier molecular flexibility index (Phi) is 7.19. The van der Waals surface area contributed by atoms with Gasteiger partial charge in [0.15, 0.2) is 5.82 Å². The van der Waals surface area contributed by atoms with E-state index in [9.17, 15) is 22.8 Å². The second-order valence-electron chi connectivity index (χ2n) is 6.92. The molecule has 1 amide bonds. The molecular weight excluding hydrogens is 445 g/mol. The fourth-order valence-corrected chi connectivity index (χ4v) is 3.32. The van der Waals surface area contributed by atoms with Gasteiger partial charge in [0.2, 0.25) is 5.91 Å². The zero-order valence-electron chi connectivity index (χ0n) is 16.9. The van der Waals surface area contributed by atoms with Crippen molar-refractivity contribution >= 4 is 17.5 Å². The molecule has 0 bridgehead atoms. The molecule has 0 unspecified atom stereocenters. The summed E-state index contributed by atoms with van der Waals surface area (Å²) in [5.41, 5.74) is -0.525. The van der Waals surface area contributed by atoms with Crippen molar-refractivity contribution in [2.45, 2.75) is 25.7 Å². The molecule has 1 aromatic heterocycles. The number of allylic oxidation sites excluding steroid dienone is 1. The fraction of sp³-hybridized carbons (Fsp3) is 0.227. The monoisotopic (exact) mass is 464 g/mol. The summed E-state index contributed by atoms with van der Waals surface area (Å²) in [6, 6.07) is 11.9. The first kappa shape index (κ1) is 23.3. The van der Waals surface area contributed by atoms with E-state index in [1.807, 2.05) is 0 Å². The van der Waals surface area contributed by atoms with Crippen LogP contribution >= 0.6 is 11.6 Å².